The van der Waals surface area contributed by atoms with Gasteiger partial charge < -0.3 is 36.2 Å². The number of Topliss-reactive ketones (excluding diaryl/α,β-unsaturated/α-hetero) is 2. The number of ketones is 2. The summed E-state index contributed by atoms with van der Waals surface area (Å²) in [5.41, 5.74) is 0.698. The topological polar surface area (TPSA) is 234 Å². The molecule has 16 heteroatoms. The number of hydrogen-bond acceptors (Lipinski definition) is 9. The maximum Gasteiger partial charge on any atom is 0.408 e. The molecular weight excluding hydrogens is 611 g/mol. The van der Waals surface area contributed by atoms with Crippen LogP contribution in [-0.4, -0.2) is 88.4 Å². The van der Waals surface area contributed by atoms with Gasteiger partial charge >= 0.3 is 18.0 Å². The number of carboxylic acid groups (broad SMARTS) is 2. The van der Waals surface area contributed by atoms with Gasteiger partial charge in [0.2, 0.25) is 29.3 Å². The largest absolute Gasteiger partial charge is 0.481 e. The van der Waals surface area contributed by atoms with Crippen LogP contribution in [0, 0.1) is 11.8 Å². The lowest BCUT2D eigenvalue weighted by Crippen LogP contribution is -2.59. The minimum atomic E-state index is -1.92. The van der Waals surface area contributed by atoms with Crippen LogP contribution in [0.15, 0.2) is 30.3 Å². The first-order valence-electron chi connectivity index (χ1n) is 14.5. The van der Waals surface area contributed by atoms with Crippen LogP contribution in [0.3, 0.4) is 0 Å². The van der Waals surface area contributed by atoms with Crippen molar-refractivity contribution in [1.82, 2.24) is 21.3 Å². The Morgan fingerprint density at radius 2 is 1.35 bits per heavy atom. The summed E-state index contributed by atoms with van der Waals surface area (Å²) >= 11 is 0. The van der Waals surface area contributed by atoms with Crippen molar-refractivity contribution >= 4 is 47.3 Å². The number of hydrogen-bond donors (Lipinski definition) is 6. The van der Waals surface area contributed by atoms with E-state index in [1.807, 2.05) is 0 Å². The van der Waals surface area contributed by atoms with Crippen molar-refractivity contribution in [1.29, 1.82) is 0 Å². The predicted octanol–water partition coefficient (Wildman–Crippen LogP) is 0.885. The molecule has 0 saturated carbocycles. The van der Waals surface area contributed by atoms with Crippen molar-refractivity contribution in [2.45, 2.75) is 84.2 Å². The highest BCUT2D eigenvalue weighted by atomic mass is 19.1. The van der Waals surface area contributed by atoms with E-state index < -0.39 is 103 Å². The molecule has 0 spiro atoms. The van der Waals surface area contributed by atoms with E-state index in [-0.39, 0.29) is 18.9 Å². The molecule has 46 heavy (non-hydrogen) atoms. The monoisotopic (exact) mass is 652 g/mol. The van der Waals surface area contributed by atoms with E-state index in [0.29, 0.717) is 5.56 Å². The van der Waals surface area contributed by atoms with Gasteiger partial charge in [-0.05, 0) is 30.2 Å². The van der Waals surface area contributed by atoms with E-state index in [0.717, 1.165) is 0 Å². The molecule has 0 aromatic heterocycles. The third-order valence-electron chi connectivity index (χ3n) is 6.46. The molecule has 0 aliphatic heterocycles. The summed E-state index contributed by atoms with van der Waals surface area (Å²) in [6.07, 6.45) is -2.82. The molecule has 0 aliphatic carbocycles. The lowest BCUT2D eigenvalue weighted by Gasteiger charge is -2.28. The average Bonchev–Trinajstić information content (AvgIpc) is 2.98. The SMILES string of the molecule is CC(C)C[C@H](NC(=O)OCc1ccccc1)C(=O)N[C@@H](CCC(=O)O)C(=O)N[C@H](C(=O)N[C@@H](CC(=O)O)C(=O)C(=O)CF)C(C)C. The third-order valence-corrected chi connectivity index (χ3v) is 6.46. The maximum atomic E-state index is 13.3. The van der Waals surface area contributed by atoms with E-state index in [1.165, 1.54) is 13.8 Å². The van der Waals surface area contributed by atoms with Crippen molar-refractivity contribution < 1.29 is 57.7 Å². The lowest BCUT2D eigenvalue weighted by atomic mass is 9.99. The van der Waals surface area contributed by atoms with Crippen LogP contribution >= 0.6 is 0 Å². The van der Waals surface area contributed by atoms with Crippen molar-refractivity contribution in [3.8, 4) is 0 Å². The smallest absolute Gasteiger partial charge is 0.408 e. The van der Waals surface area contributed by atoms with Gasteiger partial charge in [-0.3, -0.25) is 33.6 Å². The Morgan fingerprint density at radius 3 is 1.87 bits per heavy atom. The zero-order chi connectivity index (χ0) is 35.0. The highest BCUT2D eigenvalue weighted by Crippen LogP contribution is 2.10. The molecule has 15 nitrogen and oxygen atoms in total. The lowest BCUT2D eigenvalue weighted by molar-refractivity contribution is -0.144. The van der Waals surface area contributed by atoms with E-state index in [4.69, 9.17) is 9.84 Å². The number of aliphatic carboxylic acids is 2. The molecule has 1 rings (SSSR count). The summed E-state index contributed by atoms with van der Waals surface area (Å²) in [5, 5.41) is 27.6. The van der Waals surface area contributed by atoms with Crippen LogP contribution < -0.4 is 21.3 Å². The molecule has 0 aliphatic rings. The molecule has 1 aromatic carbocycles. The number of nitrogens with one attached hydrogen (secondary N) is 4. The molecule has 0 radical (unpaired) electrons. The second-order valence-electron chi connectivity index (χ2n) is 11.2. The van der Waals surface area contributed by atoms with Crippen molar-refractivity contribution in [2.75, 3.05) is 6.67 Å². The normalized spacial score (nSPS) is 13.5. The Bertz CT molecular complexity index is 1260. The number of rotatable bonds is 20. The van der Waals surface area contributed by atoms with Crippen LogP contribution in [-0.2, 0) is 44.9 Å². The Balaban J connectivity index is 3.12. The quantitative estimate of drug-likeness (QED) is 0.108. The fourth-order valence-corrected chi connectivity index (χ4v) is 4.11. The van der Waals surface area contributed by atoms with Crippen LogP contribution in [0.2, 0.25) is 0 Å². The predicted molar refractivity (Wildman–Crippen MR) is 159 cm³/mol. The Hall–Kier alpha value is -4.89. The number of carbonyl (C=O) groups is 8. The fourth-order valence-electron chi connectivity index (χ4n) is 4.11. The van der Waals surface area contributed by atoms with Gasteiger partial charge in [-0.2, -0.15) is 0 Å². The number of alkyl halides is 1. The third kappa shape index (κ3) is 14.3. The zero-order valence-corrected chi connectivity index (χ0v) is 26.0. The molecule has 4 atom stereocenters. The number of carboxylic acids is 2. The summed E-state index contributed by atoms with van der Waals surface area (Å²) in [5.74, 6) is -9.63. The standard InChI is InChI=1S/C30H41FN4O11/c1-16(2)12-21(34-30(45)46-15-18-8-6-5-7-9-18)28(43)32-19(10-11-23(37)38)27(42)35-25(17(3)4)29(44)33-20(13-24(39)40)26(41)22(36)14-31/h5-9,16-17,19-21,25H,10-15H2,1-4H3,(H,32,43)(H,33,44)(H,34,45)(H,35,42)(H,37,38)(H,39,40)/t19-,20-,21-,25-/m0/s1. The van der Waals surface area contributed by atoms with Crippen LogP contribution in [0.5, 0.6) is 0 Å². The highest BCUT2D eigenvalue weighted by molar-refractivity contribution is 6.40. The summed E-state index contributed by atoms with van der Waals surface area (Å²) in [7, 11) is 0. The number of ether oxygens (including phenoxy) is 1. The number of benzene rings is 1. The molecule has 4 amide bonds. The summed E-state index contributed by atoms with van der Waals surface area (Å²) < 4.78 is 18.0. The Morgan fingerprint density at radius 1 is 0.761 bits per heavy atom. The van der Waals surface area contributed by atoms with Crippen molar-refractivity contribution in [2.24, 2.45) is 11.8 Å². The first-order chi connectivity index (χ1) is 21.5. The Labute approximate surface area is 265 Å². The fraction of sp³-hybridized carbons (Fsp3) is 0.533. The van der Waals surface area contributed by atoms with Crippen LogP contribution in [0.25, 0.3) is 0 Å². The van der Waals surface area contributed by atoms with Gasteiger partial charge in [-0.15, -0.1) is 0 Å². The highest BCUT2D eigenvalue weighted by Gasteiger charge is 2.35. The number of amides is 4. The second kappa shape index (κ2) is 19.5. The molecular formula is C30H41FN4O11. The number of carbonyl (C=O) groups excluding carboxylic acids is 6. The second-order valence-corrected chi connectivity index (χ2v) is 11.2. The van der Waals surface area contributed by atoms with Crippen molar-refractivity contribution in [3.63, 3.8) is 0 Å². The van der Waals surface area contributed by atoms with Gasteiger partial charge in [0, 0.05) is 6.42 Å². The molecule has 0 saturated heterocycles. The molecule has 0 unspecified atom stereocenters. The molecule has 0 fully saturated rings. The van der Waals surface area contributed by atoms with Gasteiger partial charge in [0.05, 0.1) is 6.42 Å². The molecule has 0 bridgehead atoms. The average molecular weight is 653 g/mol. The summed E-state index contributed by atoms with van der Waals surface area (Å²) in [6.45, 7) is 4.74. The molecule has 6 N–H and O–H groups in total. The van der Waals surface area contributed by atoms with Gasteiger partial charge in [0.25, 0.3) is 0 Å². The minimum Gasteiger partial charge on any atom is -0.481 e. The van der Waals surface area contributed by atoms with E-state index in [1.54, 1.807) is 44.2 Å². The minimum absolute atomic E-state index is 0.0775. The van der Waals surface area contributed by atoms with Gasteiger partial charge in [0.1, 0.15) is 30.8 Å². The van der Waals surface area contributed by atoms with E-state index >= 15 is 0 Å². The van der Waals surface area contributed by atoms with E-state index in [9.17, 15) is 47.9 Å². The Kier molecular flexibility index (Phi) is 16.6. The zero-order valence-electron chi connectivity index (χ0n) is 26.0. The van der Waals surface area contributed by atoms with Crippen LogP contribution in [0.1, 0.15) is 58.9 Å². The maximum absolute atomic E-state index is 13.3. The molecule has 254 valence electrons. The van der Waals surface area contributed by atoms with Crippen molar-refractivity contribution in [3.05, 3.63) is 35.9 Å². The van der Waals surface area contributed by atoms with Gasteiger partial charge in [-0.25, -0.2) is 9.18 Å². The first-order valence-corrected chi connectivity index (χ1v) is 14.5. The molecule has 1 aromatic rings. The van der Waals surface area contributed by atoms with Crippen LogP contribution in [0.4, 0.5) is 9.18 Å². The summed E-state index contributed by atoms with van der Waals surface area (Å²) in [4.78, 5) is 98.3. The number of alkyl carbamates (subject to hydrolysis) is 1. The van der Waals surface area contributed by atoms with Gasteiger partial charge in [0.15, 0.2) is 6.67 Å². The number of halogens is 1. The van der Waals surface area contributed by atoms with Gasteiger partial charge in [-0.1, -0.05) is 58.0 Å². The summed E-state index contributed by atoms with van der Waals surface area (Å²) in [6, 6.07) is 2.67. The molecule has 0 heterocycles. The first kappa shape index (κ1) is 39.1. The van der Waals surface area contributed by atoms with E-state index in [2.05, 4.69) is 21.3 Å².